The van der Waals surface area contributed by atoms with E-state index in [-0.39, 0.29) is 12.5 Å². The number of alkyl halides is 3. The van der Waals surface area contributed by atoms with E-state index in [2.05, 4.69) is 24.8 Å². The summed E-state index contributed by atoms with van der Waals surface area (Å²) in [4.78, 5) is 26.7. The molecule has 0 radical (unpaired) electrons. The molecule has 0 atom stereocenters. The number of nitrogens with zero attached hydrogens (tertiary/aromatic N) is 7. The van der Waals surface area contributed by atoms with Crippen LogP contribution in [0.15, 0.2) is 69.9 Å². The van der Waals surface area contributed by atoms with Gasteiger partial charge in [-0.15, -0.1) is 0 Å². The van der Waals surface area contributed by atoms with Crippen LogP contribution in [-0.4, -0.2) is 52.7 Å². The van der Waals surface area contributed by atoms with Gasteiger partial charge in [0.15, 0.2) is 0 Å². The fourth-order valence-corrected chi connectivity index (χ4v) is 4.71. The number of amides is 1. The van der Waals surface area contributed by atoms with Gasteiger partial charge in [-0.2, -0.15) is 13.2 Å². The van der Waals surface area contributed by atoms with Gasteiger partial charge in [0, 0.05) is 48.9 Å². The Morgan fingerprint density at radius 2 is 1.69 bits per heavy atom. The smallest absolute Gasteiger partial charge is 0.314 e. The van der Waals surface area contributed by atoms with E-state index in [4.69, 9.17) is 5.53 Å². The Balaban J connectivity index is 1.34. The first-order valence-electron chi connectivity index (χ1n) is 11.2. The van der Waals surface area contributed by atoms with Crippen LogP contribution in [0.25, 0.3) is 10.4 Å². The van der Waals surface area contributed by atoms with Crippen LogP contribution >= 0.6 is 0 Å². The lowest BCUT2D eigenvalue weighted by Crippen LogP contribution is -2.53. The molecule has 0 fully saturated rings. The third-order valence-corrected chi connectivity index (χ3v) is 6.41. The van der Waals surface area contributed by atoms with Gasteiger partial charge in [-0.3, -0.25) is 19.6 Å². The van der Waals surface area contributed by atoms with Crippen molar-refractivity contribution in [2.45, 2.75) is 25.7 Å². The zero-order chi connectivity index (χ0) is 24.6. The normalized spacial score (nSPS) is 18.3. The van der Waals surface area contributed by atoms with Crippen molar-refractivity contribution < 1.29 is 18.0 Å². The lowest BCUT2D eigenvalue weighted by Gasteiger charge is -2.42. The van der Waals surface area contributed by atoms with E-state index in [0.29, 0.717) is 55.4 Å². The van der Waals surface area contributed by atoms with Gasteiger partial charge in [-0.25, -0.2) is 0 Å². The summed E-state index contributed by atoms with van der Waals surface area (Å²) >= 11 is 0. The number of azide groups is 1. The van der Waals surface area contributed by atoms with E-state index >= 15 is 0 Å². The van der Waals surface area contributed by atoms with E-state index < -0.39 is 11.7 Å². The van der Waals surface area contributed by atoms with Crippen LogP contribution in [0.3, 0.4) is 0 Å². The number of rotatable bonds is 5. The third kappa shape index (κ3) is 4.60. The number of carbonyl (C=O) groups excluding carboxylic acids is 1. The number of guanidine groups is 1. The molecular weight excluding hydrogens is 459 g/mol. The van der Waals surface area contributed by atoms with E-state index in [0.717, 1.165) is 29.9 Å². The maximum absolute atomic E-state index is 13.6. The van der Waals surface area contributed by atoms with Crippen molar-refractivity contribution in [2.24, 2.45) is 10.1 Å². The molecular formula is C24H22F3N7O. The Kier molecular flexibility index (Phi) is 5.96. The van der Waals surface area contributed by atoms with E-state index in [1.54, 1.807) is 17.0 Å². The first kappa shape index (κ1) is 22.9. The molecule has 2 aromatic rings. The highest BCUT2D eigenvalue weighted by Gasteiger charge is 2.41. The molecule has 0 bridgehead atoms. The van der Waals surface area contributed by atoms with Crippen molar-refractivity contribution in [3.05, 3.63) is 86.9 Å². The average molecular weight is 481 g/mol. The molecule has 0 saturated carbocycles. The number of hydrogen-bond donors (Lipinski definition) is 0. The molecule has 0 spiro atoms. The molecule has 5 rings (SSSR count). The van der Waals surface area contributed by atoms with E-state index in [1.165, 1.54) is 12.1 Å². The fraction of sp³-hybridized carbons (Fsp3) is 0.333. The largest absolute Gasteiger partial charge is 0.416 e. The zero-order valence-electron chi connectivity index (χ0n) is 18.7. The number of carbonyl (C=O) groups is 1. The van der Waals surface area contributed by atoms with Crippen LogP contribution in [0.5, 0.6) is 0 Å². The maximum atomic E-state index is 13.6. The van der Waals surface area contributed by atoms with Crippen molar-refractivity contribution in [1.29, 1.82) is 0 Å². The summed E-state index contributed by atoms with van der Waals surface area (Å²) in [6, 6.07) is 12.2. The molecule has 11 heteroatoms. The van der Waals surface area contributed by atoms with Gasteiger partial charge in [0.25, 0.3) is 5.91 Å². The average Bonchev–Trinajstić information content (AvgIpc) is 3.33. The van der Waals surface area contributed by atoms with Gasteiger partial charge >= 0.3 is 6.18 Å². The molecule has 35 heavy (non-hydrogen) atoms. The summed E-state index contributed by atoms with van der Waals surface area (Å²) in [6.45, 7) is 3.31. The first-order valence-corrected chi connectivity index (χ1v) is 11.2. The summed E-state index contributed by atoms with van der Waals surface area (Å²) in [5, 5.41) is 3.59. The van der Waals surface area contributed by atoms with Gasteiger partial charge in [0.05, 0.1) is 24.2 Å². The Hall–Kier alpha value is -3.82. The molecule has 8 nitrogen and oxygen atoms in total. The van der Waals surface area contributed by atoms with Crippen molar-refractivity contribution >= 4 is 17.6 Å². The lowest BCUT2D eigenvalue weighted by atomic mass is 10.00. The molecule has 1 amide bonds. The molecule has 2 aromatic carbocycles. The molecule has 3 aliphatic rings. The Morgan fingerprint density at radius 1 is 1.00 bits per heavy atom. The maximum Gasteiger partial charge on any atom is 0.416 e. The monoisotopic (exact) mass is 481 g/mol. The molecule has 180 valence electrons. The lowest BCUT2D eigenvalue weighted by molar-refractivity contribution is -0.137. The van der Waals surface area contributed by atoms with Crippen LogP contribution in [0.4, 0.5) is 18.9 Å². The van der Waals surface area contributed by atoms with Gasteiger partial charge in [0.2, 0.25) is 5.96 Å². The van der Waals surface area contributed by atoms with Crippen LogP contribution in [0.2, 0.25) is 0 Å². The number of aliphatic imine (C=N–C) groups is 1. The second kappa shape index (κ2) is 9.09. The van der Waals surface area contributed by atoms with Gasteiger partial charge in [0.1, 0.15) is 0 Å². The SMILES string of the molecule is [N-]=[N+]=Nc1ccc(CN2CCC3=C(C2)C(=O)N(Cc2ccc(C(F)(F)F)cc2)C2=NCCN23)cc1. The standard InChI is InChI=1S/C24H22F3N7O/c25-24(26,27)18-5-1-17(2-6-18)14-34-22(35)20-15-32(11-9-21(20)33-12-10-29-23(33)34)13-16-3-7-19(8-4-16)30-31-28/h1-8H,9-15H2. The highest BCUT2D eigenvalue weighted by molar-refractivity contribution is 6.09. The van der Waals surface area contributed by atoms with Gasteiger partial charge < -0.3 is 4.90 Å². The summed E-state index contributed by atoms with van der Waals surface area (Å²) in [5.74, 6) is 0.427. The van der Waals surface area contributed by atoms with Crippen molar-refractivity contribution in [1.82, 2.24) is 14.7 Å². The number of halogens is 3. The van der Waals surface area contributed by atoms with Gasteiger partial charge in [-0.05, 0) is 28.8 Å². The fourth-order valence-electron chi connectivity index (χ4n) is 4.71. The van der Waals surface area contributed by atoms with Gasteiger partial charge in [-0.1, -0.05) is 41.5 Å². The molecule has 3 aliphatic heterocycles. The molecule has 0 N–H and O–H groups in total. The third-order valence-electron chi connectivity index (χ3n) is 6.41. The Bertz CT molecular complexity index is 1250. The van der Waals surface area contributed by atoms with Crippen molar-refractivity contribution in [3.8, 4) is 0 Å². The minimum Gasteiger partial charge on any atom is -0.314 e. The highest BCUT2D eigenvalue weighted by atomic mass is 19.4. The van der Waals surface area contributed by atoms with E-state index in [1.807, 2.05) is 12.1 Å². The van der Waals surface area contributed by atoms with Crippen LogP contribution in [0.1, 0.15) is 23.1 Å². The van der Waals surface area contributed by atoms with Crippen molar-refractivity contribution in [2.75, 3.05) is 26.2 Å². The molecule has 0 aliphatic carbocycles. The summed E-state index contributed by atoms with van der Waals surface area (Å²) < 4.78 is 38.8. The van der Waals surface area contributed by atoms with Crippen LogP contribution in [0, 0.1) is 0 Å². The zero-order valence-corrected chi connectivity index (χ0v) is 18.7. The quantitative estimate of drug-likeness (QED) is 0.348. The predicted octanol–water partition coefficient (Wildman–Crippen LogP) is 4.82. The molecule has 0 saturated heterocycles. The summed E-state index contributed by atoms with van der Waals surface area (Å²) in [6.07, 6.45) is -3.69. The molecule has 0 unspecified atom stereocenters. The first-order chi connectivity index (χ1) is 16.8. The minimum atomic E-state index is -4.40. The number of benzene rings is 2. The minimum absolute atomic E-state index is 0.153. The predicted molar refractivity (Wildman–Crippen MR) is 123 cm³/mol. The summed E-state index contributed by atoms with van der Waals surface area (Å²) in [5.41, 5.74) is 11.7. The second-order valence-electron chi connectivity index (χ2n) is 8.66. The topological polar surface area (TPSA) is 87.9 Å². The Morgan fingerprint density at radius 3 is 2.37 bits per heavy atom. The Labute approximate surface area is 199 Å². The molecule has 3 heterocycles. The van der Waals surface area contributed by atoms with Crippen LogP contribution < -0.4 is 0 Å². The molecule has 0 aromatic heterocycles. The number of hydrogen-bond acceptors (Lipinski definition) is 5. The van der Waals surface area contributed by atoms with Crippen molar-refractivity contribution in [3.63, 3.8) is 0 Å². The van der Waals surface area contributed by atoms with E-state index in [9.17, 15) is 18.0 Å². The second-order valence-corrected chi connectivity index (χ2v) is 8.66. The number of fused-ring (bicyclic) bond motifs is 2. The summed E-state index contributed by atoms with van der Waals surface area (Å²) in [7, 11) is 0. The van der Waals surface area contributed by atoms with Crippen LogP contribution in [-0.2, 0) is 24.1 Å². The highest BCUT2D eigenvalue weighted by Crippen LogP contribution is 2.33.